The number of carbonyl (C=O) groups is 2. The predicted octanol–water partition coefficient (Wildman–Crippen LogP) is 5.29. The van der Waals surface area contributed by atoms with Crippen LogP contribution in [0.25, 0.3) is 0 Å². The van der Waals surface area contributed by atoms with E-state index < -0.39 is 11.9 Å². The number of hydrogen-bond acceptors (Lipinski definition) is 5. The maximum Gasteiger partial charge on any atom is 0.339 e. The highest BCUT2D eigenvalue weighted by Gasteiger charge is 2.25. The van der Waals surface area contributed by atoms with Crippen LogP contribution < -0.4 is 4.90 Å². The number of anilines is 3. The summed E-state index contributed by atoms with van der Waals surface area (Å²) in [5.74, 6) is -0.898. The van der Waals surface area contributed by atoms with Gasteiger partial charge in [-0.3, -0.25) is 0 Å². The van der Waals surface area contributed by atoms with Gasteiger partial charge in [0.2, 0.25) is 0 Å². The maximum absolute atomic E-state index is 12.5. The van der Waals surface area contributed by atoms with Gasteiger partial charge in [0.25, 0.3) is 0 Å². The van der Waals surface area contributed by atoms with Crippen molar-refractivity contribution in [2.75, 3.05) is 19.1 Å². The molecular formula is C24H23NO4. The van der Waals surface area contributed by atoms with E-state index in [4.69, 9.17) is 9.47 Å². The highest BCUT2D eigenvalue weighted by molar-refractivity contribution is 6.03. The van der Waals surface area contributed by atoms with Crippen LogP contribution in [0.15, 0.2) is 72.8 Å². The number of carbonyl (C=O) groups excluding carboxylic acids is 2. The molecular weight excluding hydrogens is 366 g/mol. The van der Waals surface area contributed by atoms with E-state index in [1.807, 2.05) is 53.4 Å². The second-order valence-electron chi connectivity index (χ2n) is 6.34. The van der Waals surface area contributed by atoms with E-state index in [0.29, 0.717) is 22.5 Å². The van der Waals surface area contributed by atoms with Gasteiger partial charge >= 0.3 is 11.9 Å². The van der Waals surface area contributed by atoms with Crippen molar-refractivity contribution in [3.8, 4) is 0 Å². The second kappa shape index (κ2) is 9.06. The first-order chi connectivity index (χ1) is 14.1. The zero-order valence-electron chi connectivity index (χ0n) is 16.7. The Morgan fingerprint density at radius 3 is 1.55 bits per heavy atom. The van der Waals surface area contributed by atoms with Gasteiger partial charge in [-0.05, 0) is 42.3 Å². The van der Waals surface area contributed by atoms with Gasteiger partial charge in [0.1, 0.15) is 0 Å². The average Bonchev–Trinajstić information content (AvgIpc) is 2.79. The number of benzene rings is 3. The predicted molar refractivity (Wildman–Crippen MR) is 113 cm³/mol. The van der Waals surface area contributed by atoms with Crippen LogP contribution in [-0.2, 0) is 15.9 Å². The minimum atomic E-state index is -0.449. The molecule has 0 bridgehead atoms. The van der Waals surface area contributed by atoms with Crippen LogP contribution in [-0.4, -0.2) is 26.2 Å². The smallest absolute Gasteiger partial charge is 0.339 e. The molecule has 0 aliphatic rings. The third-order valence-electron chi connectivity index (χ3n) is 4.71. The Kier molecular flexibility index (Phi) is 6.29. The van der Waals surface area contributed by atoms with Crippen LogP contribution in [0.3, 0.4) is 0 Å². The summed E-state index contributed by atoms with van der Waals surface area (Å²) in [6, 6.07) is 22.3. The number of para-hydroxylation sites is 3. The van der Waals surface area contributed by atoms with Crippen molar-refractivity contribution in [1.29, 1.82) is 0 Å². The molecule has 5 nitrogen and oxygen atoms in total. The summed E-state index contributed by atoms with van der Waals surface area (Å²) in [6.07, 6.45) is 0.785. The highest BCUT2D eigenvalue weighted by Crippen LogP contribution is 2.40. The van der Waals surface area contributed by atoms with Gasteiger partial charge in [-0.25, -0.2) is 9.59 Å². The fourth-order valence-corrected chi connectivity index (χ4v) is 3.32. The minimum Gasteiger partial charge on any atom is -0.465 e. The molecule has 3 rings (SSSR count). The number of rotatable bonds is 6. The Labute approximate surface area is 170 Å². The first-order valence-electron chi connectivity index (χ1n) is 9.35. The molecule has 0 saturated carbocycles. The van der Waals surface area contributed by atoms with Gasteiger partial charge in [-0.1, -0.05) is 49.4 Å². The average molecular weight is 389 g/mol. The lowest BCUT2D eigenvalue weighted by Gasteiger charge is -2.30. The largest absolute Gasteiger partial charge is 0.465 e. The SMILES string of the molecule is CCc1ccccc1N(c1ccccc1C(=O)OC)c1ccccc1C(=O)OC. The third-order valence-corrected chi connectivity index (χ3v) is 4.71. The number of ether oxygens (including phenoxy) is 2. The molecule has 148 valence electrons. The normalized spacial score (nSPS) is 10.3. The van der Waals surface area contributed by atoms with Gasteiger partial charge < -0.3 is 14.4 Å². The number of aryl methyl sites for hydroxylation is 1. The van der Waals surface area contributed by atoms with Crippen molar-refractivity contribution in [1.82, 2.24) is 0 Å². The van der Waals surface area contributed by atoms with E-state index in [9.17, 15) is 9.59 Å². The van der Waals surface area contributed by atoms with Crippen molar-refractivity contribution in [2.45, 2.75) is 13.3 Å². The number of hydrogen-bond donors (Lipinski definition) is 0. The molecule has 0 atom stereocenters. The first-order valence-corrected chi connectivity index (χ1v) is 9.35. The van der Waals surface area contributed by atoms with Crippen molar-refractivity contribution >= 4 is 29.0 Å². The molecule has 0 aliphatic carbocycles. The van der Waals surface area contributed by atoms with E-state index in [-0.39, 0.29) is 0 Å². The molecule has 0 aliphatic heterocycles. The lowest BCUT2D eigenvalue weighted by atomic mass is 10.0. The van der Waals surface area contributed by atoms with Crippen LogP contribution in [0, 0.1) is 0 Å². The maximum atomic E-state index is 12.5. The molecule has 0 amide bonds. The summed E-state index contributed by atoms with van der Waals surface area (Å²) in [6.45, 7) is 2.06. The summed E-state index contributed by atoms with van der Waals surface area (Å²) < 4.78 is 9.99. The van der Waals surface area contributed by atoms with Crippen LogP contribution in [0.5, 0.6) is 0 Å². The molecule has 5 heteroatoms. The molecule has 0 fully saturated rings. The van der Waals surface area contributed by atoms with Crippen LogP contribution in [0.4, 0.5) is 17.1 Å². The van der Waals surface area contributed by atoms with Crippen LogP contribution in [0.2, 0.25) is 0 Å². The number of methoxy groups -OCH3 is 2. The first kappa shape index (κ1) is 20.1. The molecule has 0 spiro atoms. The quantitative estimate of drug-likeness (QED) is 0.536. The van der Waals surface area contributed by atoms with Crippen LogP contribution >= 0.6 is 0 Å². The van der Waals surface area contributed by atoms with Crippen molar-refractivity contribution in [3.05, 3.63) is 89.5 Å². The molecule has 0 N–H and O–H groups in total. The standard InChI is InChI=1S/C24H23NO4/c1-4-17-11-5-8-14-20(17)25(21-15-9-6-12-18(21)23(26)28-2)22-16-10-7-13-19(22)24(27)29-3/h5-16H,4H2,1-3H3. The summed E-state index contributed by atoms with van der Waals surface area (Å²) in [5, 5.41) is 0. The van der Waals surface area contributed by atoms with Crippen molar-refractivity contribution < 1.29 is 19.1 Å². The Bertz CT molecular complexity index is 969. The van der Waals surface area contributed by atoms with Gasteiger partial charge in [-0.2, -0.15) is 0 Å². The van der Waals surface area contributed by atoms with E-state index >= 15 is 0 Å². The zero-order valence-corrected chi connectivity index (χ0v) is 16.7. The molecule has 3 aromatic rings. The molecule has 0 unspecified atom stereocenters. The van der Waals surface area contributed by atoms with E-state index in [1.54, 1.807) is 24.3 Å². The molecule has 0 radical (unpaired) electrons. The van der Waals surface area contributed by atoms with E-state index in [2.05, 4.69) is 6.92 Å². The number of nitrogens with zero attached hydrogens (tertiary/aromatic N) is 1. The Balaban J connectivity index is 2.35. The van der Waals surface area contributed by atoms with E-state index in [1.165, 1.54) is 14.2 Å². The molecule has 0 heterocycles. The summed E-state index contributed by atoms with van der Waals surface area (Å²) >= 11 is 0. The van der Waals surface area contributed by atoms with Crippen LogP contribution in [0.1, 0.15) is 33.2 Å². The number of esters is 2. The Morgan fingerprint density at radius 1 is 0.690 bits per heavy atom. The molecule has 0 saturated heterocycles. The lowest BCUT2D eigenvalue weighted by Crippen LogP contribution is -2.19. The van der Waals surface area contributed by atoms with Crippen molar-refractivity contribution in [2.24, 2.45) is 0 Å². The van der Waals surface area contributed by atoms with Gasteiger partial charge in [0, 0.05) is 5.69 Å². The Hall–Kier alpha value is -3.60. The third kappa shape index (κ3) is 3.99. The van der Waals surface area contributed by atoms with Crippen molar-refractivity contribution in [3.63, 3.8) is 0 Å². The minimum absolute atomic E-state index is 0.403. The fourth-order valence-electron chi connectivity index (χ4n) is 3.32. The van der Waals surface area contributed by atoms with Gasteiger partial charge in [0.15, 0.2) is 0 Å². The lowest BCUT2D eigenvalue weighted by molar-refractivity contribution is 0.0594. The topological polar surface area (TPSA) is 55.8 Å². The second-order valence-corrected chi connectivity index (χ2v) is 6.34. The monoisotopic (exact) mass is 389 g/mol. The molecule has 29 heavy (non-hydrogen) atoms. The molecule has 0 aromatic heterocycles. The fraction of sp³-hybridized carbons (Fsp3) is 0.167. The van der Waals surface area contributed by atoms with E-state index in [0.717, 1.165) is 17.7 Å². The van der Waals surface area contributed by atoms with Gasteiger partial charge in [-0.15, -0.1) is 0 Å². The van der Waals surface area contributed by atoms with Gasteiger partial charge in [0.05, 0.1) is 36.7 Å². The highest BCUT2D eigenvalue weighted by atomic mass is 16.5. The Morgan fingerprint density at radius 2 is 1.10 bits per heavy atom. The molecule has 3 aromatic carbocycles. The summed E-state index contributed by atoms with van der Waals surface area (Å²) in [7, 11) is 2.71. The summed E-state index contributed by atoms with van der Waals surface area (Å²) in [4.78, 5) is 26.9. The zero-order chi connectivity index (χ0) is 20.8. The summed E-state index contributed by atoms with van der Waals surface area (Å²) in [5.41, 5.74) is 4.00.